The van der Waals surface area contributed by atoms with Gasteiger partial charge in [0.05, 0.1) is 12.2 Å². The molecule has 0 bridgehead atoms. The van der Waals surface area contributed by atoms with E-state index in [1.54, 1.807) is 12.1 Å². The zero-order valence-corrected chi connectivity index (χ0v) is 14.4. The fraction of sp³-hybridized carbons (Fsp3) is 0.286. The molecule has 2 aromatic carbocycles. The Morgan fingerprint density at radius 1 is 1.04 bits per heavy atom. The molecule has 0 aromatic heterocycles. The number of carbonyl (C=O) groups is 1. The number of aliphatic hydroxyl groups is 1. The monoisotopic (exact) mass is 351 g/mol. The molecule has 26 heavy (non-hydrogen) atoms. The van der Waals surface area contributed by atoms with Crippen LogP contribution in [-0.2, 0) is 0 Å². The lowest BCUT2D eigenvalue weighted by atomic mass is 9.86. The number of carboxylic acid groups (broad SMARTS) is 1. The predicted octanol–water partition coefficient (Wildman–Crippen LogP) is 3.38. The van der Waals surface area contributed by atoms with Crippen molar-refractivity contribution >= 4 is 11.5 Å². The van der Waals surface area contributed by atoms with Gasteiger partial charge in [0.2, 0.25) is 0 Å². The van der Waals surface area contributed by atoms with Gasteiger partial charge < -0.3 is 19.8 Å². The molecular weight excluding hydrogens is 330 g/mol. The Hall–Kier alpha value is -2.63. The third-order valence-corrected chi connectivity index (χ3v) is 5.10. The van der Waals surface area contributed by atoms with Gasteiger partial charge in [-0.1, -0.05) is 23.8 Å². The molecule has 0 unspecified atom stereocenters. The topological polar surface area (TPSA) is 70.0 Å². The number of piperidine rings is 1. The summed E-state index contributed by atoms with van der Waals surface area (Å²) in [6.45, 7) is 2.74. The fourth-order valence-electron chi connectivity index (χ4n) is 3.79. The second-order valence-corrected chi connectivity index (χ2v) is 6.66. The standard InChI is InChI=1S/C21H21NO4/c23-12-11-22-9-7-14(8-10-22)20-16-3-1-2-4-18(16)26-19-13-15(21(24)25)5-6-17(19)20/h1-6,13,23H,7-12H2,(H,24,25). The van der Waals surface area contributed by atoms with E-state index in [-0.39, 0.29) is 12.2 Å². The van der Waals surface area contributed by atoms with Crippen LogP contribution in [-0.4, -0.2) is 47.3 Å². The van der Waals surface area contributed by atoms with Gasteiger partial charge in [-0.05, 0) is 42.7 Å². The molecule has 4 rings (SSSR count). The molecule has 0 radical (unpaired) electrons. The molecule has 0 aliphatic carbocycles. The van der Waals surface area contributed by atoms with Crippen molar-refractivity contribution in [2.24, 2.45) is 0 Å². The van der Waals surface area contributed by atoms with Gasteiger partial charge in [0.1, 0.15) is 11.5 Å². The maximum Gasteiger partial charge on any atom is 0.335 e. The first-order valence-electron chi connectivity index (χ1n) is 8.87. The van der Waals surface area contributed by atoms with Crippen LogP contribution < -0.4 is 4.74 Å². The molecule has 2 aliphatic rings. The summed E-state index contributed by atoms with van der Waals surface area (Å²) in [5.41, 5.74) is 4.78. The van der Waals surface area contributed by atoms with E-state index in [0.717, 1.165) is 42.8 Å². The van der Waals surface area contributed by atoms with Crippen molar-refractivity contribution in [1.82, 2.24) is 4.90 Å². The van der Waals surface area contributed by atoms with Crippen molar-refractivity contribution in [1.29, 1.82) is 0 Å². The highest BCUT2D eigenvalue weighted by Crippen LogP contribution is 2.46. The molecule has 134 valence electrons. The number of ether oxygens (including phenoxy) is 1. The van der Waals surface area contributed by atoms with Crippen molar-refractivity contribution in [2.75, 3.05) is 26.2 Å². The van der Waals surface area contributed by atoms with E-state index in [1.807, 2.05) is 24.3 Å². The van der Waals surface area contributed by atoms with Crippen LogP contribution in [0.3, 0.4) is 0 Å². The molecular formula is C21H21NO4. The summed E-state index contributed by atoms with van der Waals surface area (Å²) in [5.74, 6) is 0.411. The minimum Gasteiger partial charge on any atom is -0.478 e. The van der Waals surface area contributed by atoms with E-state index >= 15 is 0 Å². The molecule has 0 saturated carbocycles. The molecule has 1 fully saturated rings. The van der Waals surface area contributed by atoms with Crippen LogP contribution in [0.2, 0.25) is 0 Å². The first-order valence-corrected chi connectivity index (χ1v) is 8.87. The molecule has 0 atom stereocenters. The average molecular weight is 351 g/mol. The van der Waals surface area contributed by atoms with Crippen LogP contribution in [0, 0.1) is 0 Å². The van der Waals surface area contributed by atoms with Crippen LogP contribution >= 0.6 is 0 Å². The quantitative estimate of drug-likeness (QED) is 0.757. The zero-order chi connectivity index (χ0) is 18.1. The molecule has 1 saturated heterocycles. The summed E-state index contributed by atoms with van der Waals surface area (Å²) in [6.07, 6.45) is 1.87. The summed E-state index contributed by atoms with van der Waals surface area (Å²) in [5, 5.41) is 18.4. The minimum absolute atomic E-state index is 0.184. The van der Waals surface area contributed by atoms with Crippen LogP contribution in [0.1, 0.15) is 34.3 Å². The summed E-state index contributed by atoms with van der Waals surface area (Å²) in [7, 11) is 0. The summed E-state index contributed by atoms with van der Waals surface area (Å²) in [4.78, 5) is 13.6. The largest absolute Gasteiger partial charge is 0.478 e. The number of nitrogens with zero attached hydrogens (tertiary/aromatic N) is 1. The van der Waals surface area contributed by atoms with Crippen LogP contribution in [0.4, 0.5) is 0 Å². The minimum atomic E-state index is -0.957. The maximum atomic E-state index is 11.3. The van der Waals surface area contributed by atoms with E-state index in [1.165, 1.54) is 11.1 Å². The second-order valence-electron chi connectivity index (χ2n) is 6.66. The number of aliphatic hydroxyl groups excluding tert-OH is 1. The van der Waals surface area contributed by atoms with Gasteiger partial charge in [-0.25, -0.2) is 4.79 Å². The number of rotatable bonds is 3. The van der Waals surface area contributed by atoms with Crippen LogP contribution in [0.5, 0.6) is 11.5 Å². The van der Waals surface area contributed by atoms with Crippen molar-refractivity contribution in [3.05, 3.63) is 64.7 Å². The number of fused-ring (bicyclic) bond motifs is 2. The van der Waals surface area contributed by atoms with Crippen molar-refractivity contribution in [3.8, 4) is 11.5 Å². The molecule has 0 amide bonds. The van der Waals surface area contributed by atoms with Crippen molar-refractivity contribution in [2.45, 2.75) is 12.8 Å². The van der Waals surface area contributed by atoms with E-state index in [4.69, 9.17) is 9.84 Å². The molecule has 2 heterocycles. The van der Waals surface area contributed by atoms with Crippen molar-refractivity contribution < 1.29 is 19.7 Å². The molecule has 2 aromatic rings. The lowest BCUT2D eigenvalue weighted by Crippen LogP contribution is -2.33. The Kier molecular flexibility index (Phi) is 4.49. The number of hydrogen-bond acceptors (Lipinski definition) is 4. The SMILES string of the molecule is O=C(O)c1ccc2c(c1)Oc1ccccc1C2=C1CCN(CCO)CC1. The van der Waals surface area contributed by atoms with Gasteiger partial charge >= 0.3 is 5.97 Å². The Balaban J connectivity index is 1.80. The molecule has 0 spiro atoms. The van der Waals surface area contributed by atoms with Gasteiger partial charge in [0.15, 0.2) is 0 Å². The lowest BCUT2D eigenvalue weighted by molar-refractivity contribution is 0.0696. The summed E-state index contributed by atoms with van der Waals surface area (Å²) in [6, 6.07) is 13.0. The highest BCUT2D eigenvalue weighted by atomic mass is 16.5. The van der Waals surface area contributed by atoms with Gasteiger partial charge in [0.25, 0.3) is 0 Å². The average Bonchev–Trinajstić information content (AvgIpc) is 2.66. The van der Waals surface area contributed by atoms with Gasteiger partial charge in [-0.15, -0.1) is 0 Å². The second kappa shape index (κ2) is 6.94. The van der Waals surface area contributed by atoms with E-state index in [9.17, 15) is 9.90 Å². The highest BCUT2D eigenvalue weighted by Gasteiger charge is 2.27. The Bertz CT molecular complexity index is 877. The van der Waals surface area contributed by atoms with Crippen LogP contribution in [0.15, 0.2) is 48.0 Å². The van der Waals surface area contributed by atoms with E-state index in [2.05, 4.69) is 11.0 Å². The maximum absolute atomic E-state index is 11.3. The van der Waals surface area contributed by atoms with E-state index < -0.39 is 5.97 Å². The number of carboxylic acids is 1. The smallest absolute Gasteiger partial charge is 0.335 e. The number of benzene rings is 2. The Morgan fingerprint density at radius 3 is 2.50 bits per heavy atom. The van der Waals surface area contributed by atoms with Gasteiger partial charge in [-0.3, -0.25) is 0 Å². The number of β-amino-alcohol motifs (C(OH)–C–C–N with tert-alkyl or cyclic N) is 1. The normalized spacial score (nSPS) is 16.7. The Labute approximate surface area is 152 Å². The third kappa shape index (κ3) is 3.00. The van der Waals surface area contributed by atoms with Crippen molar-refractivity contribution in [3.63, 3.8) is 0 Å². The third-order valence-electron chi connectivity index (χ3n) is 5.10. The number of hydrogen-bond donors (Lipinski definition) is 2. The summed E-state index contributed by atoms with van der Waals surface area (Å²) >= 11 is 0. The van der Waals surface area contributed by atoms with Crippen LogP contribution in [0.25, 0.3) is 5.57 Å². The first-order chi connectivity index (χ1) is 12.7. The molecule has 5 nitrogen and oxygen atoms in total. The first kappa shape index (κ1) is 16.8. The molecule has 2 N–H and O–H groups in total. The van der Waals surface area contributed by atoms with E-state index in [0.29, 0.717) is 12.3 Å². The highest BCUT2D eigenvalue weighted by molar-refractivity contribution is 5.93. The summed E-state index contributed by atoms with van der Waals surface area (Å²) < 4.78 is 6.01. The number of aromatic carboxylic acids is 1. The number of para-hydroxylation sites is 1. The predicted molar refractivity (Wildman–Crippen MR) is 98.7 cm³/mol. The fourth-order valence-corrected chi connectivity index (χ4v) is 3.79. The lowest BCUT2D eigenvalue weighted by Gasteiger charge is -2.31. The molecule has 2 aliphatic heterocycles. The number of likely N-dealkylation sites (tertiary alicyclic amines) is 1. The zero-order valence-electron chi connectivity index (χ0n) is 14.4. The van der Waals surface area contributed by atoms with Gasteiger partial charge in [0, 0.05) is 30.8 Å². The molecule has 5 heteroatoms. The van der Waals surface area contributed by atoms with Gasteiger partial charge in [-0.2, -0.15) is 0 Å². The Morgan fingerprint density at radius 2 is 1.77 bits per heavy atom.